The molecule has 25 heavy (non-hydrogen) atoms. The number of aromatic nitrogens is 3. The summed E-state index contributed by atoms with van der Waals surface area (Å²) >= 11 is 0. The monoisotopic (exact) mass is 344 g/mol. The Morgan fingerprint density at radius 3 is 2.68 bits per heavy atom. The molecular formula is C17H24N6O2. The second-order valence-corrected chi connectivity index (χ2v) is 6.40. The zero-order valence-electron chi connectivity index (χ0n) is 14.6. The molecule has 8 heteroatoms. The molecular weight excluding hydrogens is 320 g/mol. The van der Waals surface area contributed by atoms with Crippen molar-refractivity contribution in [3.63, 3.8) is 0 Å². The highest BCUT2D eigenvalue weighted by atomic mass is 16.2. The van der Waals surface area contributed by atoms with Gasteiger partial charge in [-0.25, -0.2) is 9.78 Å². The van der Waals surface area contributed by atoms with E-state index in [0.29, 0.717) is 18.1 Å². The number of fused-ring (bicyclic) bond motifs is 1. The lowest BCUT2D eigenvalue weighted by Gasteiger charge is -2.29. The Morgan fingerprint density at radius 2 is 1.96 bits per heavy atom. The predicted octanol–water partition coefficient (Wildman–Crippen LogP) is 1.37. The van der Waals surface area contributed by atoms with Crippen LogP contribution in [0.2, 0.25) is 0 Å². The van der Waals surface area contributed by atoms with Crippen LogP contribution in [0.5, 0.6) is 0 Å². The Balaban J connectivity index is 1.60. The van der Waals surface area contributed by atoms with E-state index in [0.717, 1.165) is 31.1 Å². The first kappa shape index (κ1) is 17.2. The molecule has 3 N–H and O–H groups in total. The van der Waals surface area contributed by atoms with Crippen molar-refractivity contribution in [1.29, 1.82) is 0 Å². The minimum atomic E-state index is -0.0994. The molecule has 1 aliphatic rings. The van der Waals surface area contributed by atoms with E-state index in [2.05, 4.69) is 25.9 Å². The van der Waals surface area contributed by atoms with Gasteiger partial charge in [-0.1, -0.05) is 0 Å². The fraction of sp³-hybridized carbons (Fsp3) is 0.529. The molecule has 8 nitrogen and oxygen atoms in total. The average molecular weight is 344 g/mol. The molecule has 0 atom stereocenters. The second kappa shape index (κ2) is 7.50. The van der Waals surface area contributed by atoms with Crippen LogP contribution >= 0.6 is 0 Å². The summed E-state index contributed by atoms with van der Waals surface area (Å²) in [5, 5.41) is 9.94. The molecule has 2 amide bonds. The van der Waals surface area contributed by atoms with Crippen molar-refractivity contribution < 1.29 is 4.79 Å². The van der Waals surface area contributed by atoms with Gasteiger partial charge in [-0.3, -0.25) is 9.36 Å². The number of hydrogen-bond donors (Lipinski definition) is 3. The summed E-state index contributed by atoms with van der Waals surface area (Å²) in [6.07, 6.45) is 5.44. The normalized spacial score (nSPS) is 20.2. The van der Waals surface area contributed by atoms with E-state index in [1.165, 1.54) is 10.6 Å². The summed E-state index contributed by atoms with van der Waals surface area (Å²) in [6, 6.07) is 3.63. The van der Waals surface area contributed by atoms with E-state index in [-0.39, 0.29) is 23.7 Å². The number of carbonyl (C=O) groups excluding carboxylic acids is 1. The first-order chi connectivity index (χ1) is 12.1. The van der Waals surface area contributed by atoms with Crippen molar-refractivity contribution in [1.82, 2.24) is 25.2 Å². The highest BCUT2D eigenvalue weighted by Crippen LogP contribution is 2.21. The van der Waals surface area contributed by atoms with Crippen LogP contribution in [0.4, 0.5) is 10.7 Å². The van der Waals surface area contributed by atoms with Crippen molar-refractivity contribution in [3.05, 3.63) is 28.7 Å². The molecule has 1 fully saturated rings. The highest BCUT2D eigenvalue weighted by molar-refractivity contribution is 5.75. The fourth-order valence-corrected chi connectivity index (χ4v) is 3.18. The van der Waals surface area contributed by atoms with Crippen LogP contribution in [0.15, 0.2) is 23.1 Å². The predicted molar refractivity (Wildman–Crippen MR) is 96.7 cm³/mol. The van der Waals surface area contributed by atoms with Crippen molar-refractivity contribution in [2.75, 3.05) is 11.9 Å². The molecule has 2 aromatic rings. The number of nitrogens with zero attached hydrogens (tertiary/aromatic N) is 3. The molecule has 0 aromatic carbocycles. The first-order valence-electron chi connectivity index (χ1n) is 8.70. The second-order valence-electron chi connectivity index (χ2n) is 6.40. The lowest BCUT2D eigenvalue weighted by atomic mass is 9.91. The smallest absolute Gasteiger partial charge is 0.314 e. The molecule has 0 spiro atoms. The molecule has 0 saturated heterocycles. The first-order valence-corrected chi connectivity index (χ1v) is 8.70. The fourth-order valence-electron chi connectivity index (χ4n) is 3.18. The minimum absolute atomic E-state index is 0.0888. The maximum atomic E-state index is 11.7. The minimum Gasteiger partial charge on any atom is -0.351 e. The van der Waals surface area contributed by atoms with Crippen molar-refractivity contribution >= 4 is 23.0 Å². The number of hydrogen-bond acceptors (Lipinski definition) is 5. The van der Waals surface area contributed by atoms with Gasteiger partial charge in [-0.2, -0.15) is 4.98 Å². The molecule has 0 bridgehead atoms. The van der Waals surface area contributed by atoms with Gasteiger partial charge < -0.3 is 16.0 Å². The summed E-state index contributed by atoms with van der Waals surface area (Å²) in [7, 11) is 1.71. The Kier molecular flexibility index (Phi) is 5.16. The van der Waals surface area contributed by atoms with E-state index >= 15 is 0 Å². The highest BCUT2D eigenvalue weighted by Gasteiger charge is 2.22. The number of nitrogens with one attached hydrogen (secondary N) is 3. The summed E-state index contributed by atoms with van der Waals surface area (Å²) in [6.45, 7) is 2.53. The van der Waals surface area contributed by atoms with E-state index in [9.17, 15) is 9.59 Å². The number of pyridine rings is 1. The van der Waals surface area contributed by atoms with Gasteiger partial charge in [-0.05, 0) is 38.7 Å². The molecule has 0 radical (unpaired) electrons. The van der Waals surface area contributed by atoms with Gasteiger partial charge in [0, 0.05) is 43.3 Å². The molecule has 2 heterocycles. The van der Waals surface area contributed by atoms with E-state index in [1.54, 1.807) is 19.3 Å². The zero-order valence-corrected chi connectivity index (χ0v) is 14.6. The third kappa shape index (κ3) is 4.07. The van der Waals surface area contributed by atoms with Gasteiger partial charge in [0.25, 0.3) is 5.56 Å². The van der Waals surface area contributed by atoms with Crippen LogP contribution in [-0.2, 0) is 7.05 Å². The maximum absolute atomic E-state index is 11.7. The quantitative estimate of drug-likeness (QED) is 0.778. The summed E-state index contributed by atoms with van der Waals surface area (Å²) < 4.78 is 1.52. The SMILES string of the molecule is CCNC(=O)N[C@H]1CC[C@H](Nc2ncc3ccc(=O)n(C)c3n2)CC1. The van der Waals surface area contributed by atoms with Gasteiger partial charge in [0.2, 0.25) is 5.95 Å². The van der Waals surface area contributed by atoms with Gasteiger partial charge in [0.05, 0.1) is 0 Å². The Bertz CT molecular complexity index is 810. The van der Waals surface area contributed by atoms with Crippen molar-refractivity contribution in [2.24, 2.45) is 7.05 Å². The third-order valence-corrected chi connectivity index (χ3v) is 4.58. The molecule has 0 aliphatic heterocycles. The number of carbonyl (C=O) groups is 1. The molecule has 1 saturated carbocycles. The van der Waals surface area contributed by atoms with E-state index in [4.69, 9.17) is 0 Å². The number of aryl methyl sites for hydroxylation is 1. The Morgan fingerprint density at radius 1 is 1.24 bits per heavy atom. The molecule has 1 aliphatic carbocycles. The third-order valence-electron chi connectivity index (χ3n) is 4.58. The maximum Gasteiger partial charge on any atom is 0.314 e. The van der Waals surface area contributed by atoms with Gasteiger partial charge in [-0.15, -0.1) is 0 Å². The van der Waals surface area contributed by atoms with Crippen LogP contribution in [-0.4, -0.2) is 39.2 Å². The van der Waals surface area contributed by atoms with Crippen LogP contribution in [0.3, 0.4) is 0 Å². The molecule has 3 rings (SSSR count). The van der Waals surface area contributed by atoms with Gasteiger partial charge >= 0.3 is 6.03 Å². The lowest BCUT2D eigenvalue weighted by molar-refractivity contribution is 0.232. The van der Waals surface area contributed by atoms with Gasteiger partial charge in [0.15, 0.2) is 0 Å². The average Bonchev–Trinajstić information content (AvgIpc) is 2.60. The number of anilines is 1. The topological polar surface area (TPSA) is 101 Å². The number of amides is 2. The molecule has 2 aromatic heterocycles. The van der Waals surface area contributed by atoms with Crippen LogP contribution in [0.1, 0.15) is 32.6 Å². The van der Waals surface area contributed by atoms with E-state index < -0.39 is 0 Å². The van der Waals surface area contributed by atoms with Crippen LogP contribution in [0.25, 0.3) is 11.0 Å². The standard InChI is InChI=1S/C17H24N6O2/c1-3-18-17(25)21-13-7-5-12(6-8-13)20-16-19-10-11-4-9-14(24)23(2)15(11)22-16/h4,9-10,12-13H,3,5-8H2,1-2H3,(H2,18,21,25)(H,19,20,22)/t12-,13-. The lowest BCUT2D eigenvalue weighted by Crippen LogP contribution is -2.44. The summed E-state index contributed by atoms with van der Waals surface area (Å²) in [4.78, 5) is 32.2. The number of urea groups is 1. The Hall–Kier alpha value is -2.64. The largest absolute Gasteiger partial charge is 0.351 e. The van der Waals surface area contributed by atoms with Crippen LogP contribution in [0, 0.1) is 0 Å². The van der Waals surface area contributed by atoms with Crippen LogP contribution < -0.4 is 21.5 Å². The zero-order chi connectivity index (χ0) is 17.8. The molecule has 134 valence electrons. The molecule has 0 unspecified atom stereocenters. The Labute approximate surface area is 146 Å². The van der Waals surface area contributed by atoms with Crippen molar-refractivity contribution in [3.8, 4) is 0 Å². The van der Waals surface area contributed by atoms with E-state index in [1.807, 2.05) is 6.92 Å². The van der Waals surface area contributed by atoms with Crippen molar-refractivity contribution in [2.45, 2.75) is 44.7 Å². The number of rotatable bonds is 4. The summed E-state index contributed by atoms with van der Waals surface area (Å²) in [5.74, 6) is 0.536. The summed E-state index contributed by atoms with van der Waals surface area (Å²) in [5.41, 5.74) is 0.533. The van der Waals surface area contributed by atoms with Gasteiger partial charge in [0.1, 0.15) is 5.65 Å².